The van der Waals surface area contributed by atoms with Crippen molar-refractivity contribution in [2.45, 2.75) is 32.9 Å². The molecular weight excluding hydrogens is 306 g/mol. The van der Waals surface area contributed by atoms with Crippen LogP contribution in [0.4, 0.5) is 10.5 Å². The van der Waals surface area contributed by atoms with Crippen LogP contribution in [-0.4, -0.2) is 23.2 Å². The van der Waals surface area contributed by atoms with Crippen LogP contribution in [-0.2, 0) is 22.6 Å². The Labute approximate surface area is 140 Å². The molecule has 0 aromatic heterocycles. The summed E-state index contributed by atoms with van der Waals surface area (Å²) in [6.07, 6.45) is -0.327. The van der Waals surface area contributed by atoms with Crippen LogP contribution in [0.25, 0.3) is 0 Å². The predicted octanol–water partition coefficient (Wildman–Crippen LogP) is 3.46. The molecule has 0 spiro atoms. The van der Waals surface area contributed by atoms with Gasteiger partial charge in [-0.2, -0.15) is 0 Å². The lowest BCUT2D eigenvalue weighted by atomic mass is 10.0. The van der Waals surface area contributed by atoms with Gasteiger partial charge in [0.15, 0.2) is 0 Å². The van der Waals surface area contributed by atoms with E-state index in [1.165, 1.54) is 4.90 Å². The Balaban J connectivity index is 1.87. The Morgan fingerprint density at radius 1 is 1.21 bits per heavy atom. The second kappa shape index (κ2) is 6.35. The molecule has 0 fully saturated rings. The van der Waals surface area contributed by atoms with Gasteiger partial charge in [0.05, 0.1) is 5.69 Å². The summed E-state index contributed by atoms with van der Waals surface area (Å²) in [6, 6.07) is 12.2. The summed E-state index contributed by atoms with van der Waals surface area (Å²) < 4.78 is 5.35. The smallest absolute Gasteiger partial charge is 0.415 e. The monoisotopic (exact) mass is 325 g/mol. The summed E-state index contributed by atoms with van der Waals surface area (Å²) in [6.45, 7) is 3.97. The van der Waals surface area contributed by atoms with Gasteiger partial charge >= 0.3 is 12.1 Å². The largest absolute Gasteiger partial charge is 0.480 e. The van der Waals surface area contributed by atoms with Crippen LogP contribution in [0.1, 0.15) is 22.3 Å². The molecule has 1 N–H and O–H groups in total. The number of aliphatic carboxylic acids is 1. The Hall–Kier alpha value is -2.82. The van der Waals surface area contributed by atoms with E-state index in [4.69, 9.17) is 4.74 Å². The SMILES string of the molecule is Cc1cc(C)c2c(c1)N(C(=O)OCc1ccccc1)[C@H](C(=O)O)C2. The predicted molar refractivity (Wildman–Crippen MR) is 90.1 cm³/mol. The summed E-state index contributed by atoms with van der Waals surface area (Å²) in [5.74, 6) is -1.03. The molecular formula is C19H19NO4. The maximum absolute atomic E-state index is 12.6. The standard InChI is InChI=1S/C19H19NO4/c1-12-8-13(2)15-10-17(18(21)22)20(16(15)9-12)19(23)24-11-14-6-4-3-5-7-14/h3-9,17H,10-11H2,1-2H3,(H,21,22)/t17-/m0/s1. The molecule has 24 heavy (non-hydrogen) atoms. The van der Waals surface area contributed by atoms with Gasteiger partial charge in [0.1, 0.15) is 12.6 Å². The van der Waals surface area contributed by atoms with Gasteiger partial charge < -0.3 is 9.84 Å². The van der Waals surface area contributed by atoms with Crippen molar-refractivity contribution in [2.24, 2.45) is 0 Å². The molecule has 5 nitrogen and oxygen atoms in total. The van der Waals surface area contributed by atoms with Gasteiger partial charge in [0.2, 0.25) is 0 Å². The van der Waals surface area contributed by atoms with Gasteiger partial charge in [-0.05, 0) is 42.2 Å². The Kier molecular flexibility index (Phi) is 4.25. The van der Waals surface area contributed by atoms with Crippen LogP contribution < -0.4 is 4.90 Å². The van der Waals surface area contributed by atoms with Crippen LogP contribution >= 0.6 is 0 Å². The van der Waals surface area contributed by atoms with Gasteiger partial charge in [-0.1, -0.05) is 36.4 Å². The first-order chi connectivity index (χ1) is 11.5. The minimum atomic E-state index is -1.03. The number of rotatable bonds is 3. The van der Waals surface area contributed by atoms with Crippen LogP contribution in [0.3, 0.4) is 0 Å². The highest BCUT2D eigenvalue weighted by Crippen LogP contribution is 2.36. The van der Waals surface area contributed by atoms with Crippen molar-refractivity contribution < 1.29 is 19.4 Å². The fourth-order valence-electron chi connectivity index (χ4n) is 3.12. The van der Waals surface area contributed by atoms with Gasteiger partial charge in [-0.15, -0.1) is 0 Å². The first-order valence-corrected chi connectivity index (χ1v) is 7.80. The molecule has 124 valence electrons. The van der Waals surface area contributed by atoms with E-state index in [-0.39, 0.29) is 6.61 Å². The summed E-state index contributed by atoms with van der Waals surface area (Å²) in [5.41, 5.74) is 4.37. The highest BCUT2D eigenvalue weighted by atomic mass is 16.6. The maximum Gasteiger partial charge on any atom is 0.415 e. The number of carbonyl (C=O) groups is 2. The van der Waals surface area contributed by atoms with E-state index >= 15 is 0 Å². The summed E-state index contributed by atoms with van der Waals surface area (Å²) in [4.78, 5) is 25.4. The molecule has 0 unspecified atom stereocenters. The minimum Gasteiger partial charge on any atom is -0.480 e. The van der Waals surface area contributed by atoms with Gasteiger partial charge in [0.25, 0.3) is 0 Å². The lowest BCUT2D eigenvalue weighted by molar-refractivity contribution is -0.138. The van der Waals surface area contributed by atoms with E-state index < -0.39 is 18.1 Å². The average Bonchev–Trinajstić information content (AvgIpc) is 2.93. The maximum atomic E-state index is 12.6. The molecule has 0 saturated carbocycles. The molecule has 1 aliphatic rings. The van der Waals surface area contributed by atoms with E-state index in [0.717, 1.165) is 22.3 Å². The van der Waals surface area contributed by atoms with Crippen molar-refractivity contribution in [3.8, 4) is 0 Å². The third-order valence-electron chi connectivity index (χ3n) is 4.25. The van der Waals surface area contributed by atoms with Crippen LogP contribution in [0, 0.1) is 13.8 Å². The van der Waals surface area contributed by atoms with Gasteiger partial charge in [-0.25, -0.2) is 9.59 Å². The van der Waals surface area contributed by atoms with E-state index in [2.05, 4.69) is 0 Å². The molecule has 0 bridgehead atoms. The number of carbonyl (C=O) groups excluding carboxylic acids is 1. The normalized spacial score (nSPS) is 15.9. The number of anilines is 1. The van der Waals surface area contributed by atoms with Crippen LogP contribution in [0.5, 0.6) is 0 Å². The third-order valence-corrected chi connectivity index (χ3v) is 4.25. The number of carboxylic acid groups (broad SMARTS) is 1. The number of hydrogen-bond donors (Lipinski definition) is 1. The quantitative estimate of drug-likeness (QED) is 0.938. The fourth-order valence-corrected chi connectivity index (χ4v) is 3.12. The first-order valence-electron chi connectivity index (χ1n) is 7.80. The molecule has 1 atom stereocenters. The fraction of sp³-hybridized carbons (Fsp3) is 0.263. The van der Waals surface area contributed by atoms with Crippen molar-refractivity contribution in [3.05, 3.63) is 64.7 Å². The first kappa shape index (κ1) is 16.1. The molecule has 1 heterocycles. The summed E-state index contributed by atoms with van der Waals surface area (Å²) in [7, 11) is 0. The molecule has 0 radical (unpaired) electrons. The molecule has 3 rings (SSSR count). The number of nitrogens with zero attached hydrogens (tertiary/aromatic N) is 1. The number of hydrogen-bond acceptors (Lipinski definition) is 3. The number of carboxylic acids is 1. The third kappa shape index (κ3) is 2.97. The number of ether oxygens (including phenoxy) is 1. The van der Waals surface area contributed by atoms with E-state index in [1.54, 1.807) is 0 Å². The van der Waals surface area contributed by atoms with Gasteiger partial charge in [-0.3, -0.25) is 4.90 Å². The molecule has 5 heteroatoms. The van der Waals surface area contributed by atoms with E-state index in [0.29, 0.717) is 12.1 Å². The van der Waals surface area contributed by atoms with Crippen molar-refractivity contribution in [1.82, 2.24) is 0 Å². The second-order valence-corrected chi connectivity index (χ2v) is 6.05. The Morgan fingerprint density at radius 3 is 2.58 bits per heavy atom. The van der Waals surface area contributed by atoms with Crippen molar-refractivity contribution >= 4 is 17.7 Å². The summed E-state index contributed by atoms with van der Waals surface area (Å²) in [5, 5.41) is 9.50. The Bertz CT molecular complexity index is 785. The molecule has 1 aliphatic heterocycles. The molecule has 2 aromatic rings. The van der Waals surface area contributed by atoms with Crippen molar-refractivity contribution in [3.63, 3.8) is 0 Å². The second-order valence-electron chi connectivity index (χ2n) is 6.05. The van der Waals surface area contributed by atoms with Crippen molar-refractivity contribution in [1.29, 1.82) is 0 Å². The zero-order valence-electron chi connectivity index (χ0n) is 13.7. The Morgan fingerprint density at radius 2 is 1.92 bits per heavy atom. The van der Waals surface area contributed by atoms with Gasteiger partial charge in [0, 0.05) is 6.42 Å². The number of benzene rings is 2. The molecule has 0 saturated heterocycles. The highest BCUT2D eigenvalue weighted by Gasteiger charge is 2.40. The van der Waals surface area contributed by atoms with Crippen LogP contribution in [0.2, 0.25) is 0 Å². The number of aryl methyl sites for hydroxylation is 2. The highest BCUT2D eigenvalue weighted by molar-refractivity contribution is 5.98. The number of fused-ring (bicyclic) bond motifs is 1. The topological polar surface area (TPSA) is 66.8 Å². The molecule has 1 amide bonds. The lowest BCUT2D eigenvalue weighted by Gasteiger charge is -2.22. The molecule has 2 aromatic carbocycles. The zero-order valence-corrected chi connectivity index (χ0v) is 13.7. The lowest BCUT2D eigenvalue weighted by Crippen LogP contribution is -2.43. The number of amides is 1. The van der Waals surface area contributed by atoms with E-state index in [1.807, 2.05) is 56.3 Å². The average molecular weight is 325 g/mol. The minimum absolute atomic E-state index is 0.114. The zero-order chi connectivity index (χ0) is 17.3. The molecule has 0 aliphatic carbocycles. The summed E-state index contributed by atoms with van der Waals surface area (Å²) >= 11 is 0. The van der Waals surface area contributed by atoms with E-state index in [9.17, 15) is 14.7 Å². The van der Waals surface area contributed by atoms with Crippen LogP contribution in [0.15, 0.2) is 42.5 Å². The van der Waals surface area contributed by atoms with Crippen molar-refractivity contribution in [2.75, 3.05) is 4.90 Å².